The summed E-state index contributed by atoms with van der Waals surface area (Å²) in [6.07, 6.45) is 0.743. The van der Waals surface area contributed by atoms with Crippen molar-refractivity contribution in [2.45, 2.75) is 19.3 Å². The predicted molar refractivity (Wildman–Crippen MR) is 63.9 cm³/mol. The van der Waals surface area contributed by atoms with Crippen molar-refractivity contribution in [2.75, 3.05) is 6.61 Å². The Morgan fingerprint density at radius 1 is 1.53 bits per heavy atom. The van der Waals surface area contributed by atoms with Crippen molar-refractivity contribution in [1.29, 1.82) is 0 Å². The molecule has 0 saturated heterocycles. The van der Waals surface area contributed by atoms with E-state index in [4.69, 9.17) is 5.11 Å². The van der Waals surface area contributed by atoms with Crippen LogP contribution in [0, 0.1) is 0 Å². The lowest BCUT2D eigenvalue weighted by molar-refractivity contribution is 0.278. The van der Waals surface area contributed by atoms with Crippen molar-refractivity contribution in [1.82, 2.24) is 10.2 Å². The maximum Gasteiger partial charge on any atom is 0.0730 e. The highest BCUT2D eigenvalue weighted by Crippen LogP contribution is 2.27. The van der Waals surface area contributed by atoms with E-state index in [0.29, 0.717) is 0 Å². The van der Waals surface area contributed by atoms with Crippen LogP contribution < -0.4 is 0 Å². The summed E-state index contributed by atoms with van der Waals surface area (Å²) in [7, 11) is 0. The summed E-state index contributed by atoms with van der Waals surface area (Å²) >= 11 is 3.45. The van der Waals surface area contributed by atoms with E-state index in [9.17, 15) is 0 Å². The highest BCUT2D eigenvalue weighted by molar-refractivity contribution is 9.10. The highest BCUT2D eigenvalue weighted by Gasteiger charge is 2.12. The number of H-pyrrole nitrogens is 1. The van der Waals surface area contributed by atoms with Crippen molar-refractivity contribution < 1.29 is 5.11 Å². The van der Waals surface area contributed by atoms with Crippen LogP contribution in [0.5, 0.6) is 0 Å². The molecule has 1 atom stereocenters. The second kappa shape index (κ2) is 4.33. The van der Waals surface area contributed by atoms with Gasteiger partial charge in [-0.15, -0.1) is 0 Å². The van der Waals surface area contributed by atoms with Gasteiger partial charge in [0.15, 0.2) is 0 Å². The average molecular weight is 269 g/mol. The van der Waals surface area contributed by atoms with Gasteiger partial charge in [-0.2, -0.15) is 5.10 Å². The van der Waals surface area contributed by atoms with E-state index in [1.807, 2.05) is 12.1 Å². The molecular weight excluding hydrogens is 256 g/mol. The molecule has 1 aromatic carbocycles. The summed E-state index contributed by atoms with van der Waals surface area (Å²) < 4.78 is 1.05. The zero-order valence-corrected chi connectivity index (χ0v) is 10.1. The quantitative estimate of drug-likeness (QED) is 0.900. The largest absolute Gasteiger partial charge is 0.396 e. The first-order chi connectivity index (χ1) is 7.22. The molecule has 4 heteroatoms. The minimum Gasteiger partial charge on any atom is -0.396 e. The molecule has 2 rings (SSSR count). The van der Waals surface area contributed by atoms with Crippen molar-refractivity contribution in [3.8, 4) is 0 Å². The van der Waals surface area contributed by atoms with Crippen molar-refractivity contribution in [3.05, 3.63) is 28.4 Å². The number of aliphatic hydroxyl groups is 1. The summed E-state index contributed by atoms with van der Waals surface area (Å²) in [6, 6.07) is 6.05. The maximum atomic E-state index is 8.91. The van der Waals surface area contributed by atoms with Gasteiger partial charge in [-0.25, -0.2) is 0 Å². The SMILES string of the molecule is CC(CCO)c1n[nH]c2ccc(Br)cc12. The third-order valence-corrected chi connectivity index (χ3v) is 3.08. The van der Waals surface area contributed by atoms with Crippen LogP contribution >= 0.6 is 15.9 Å². The fourth-order valence-electron chi connectivity index (χ4n) is 1.71. The van der Waals surface area contributed by atoms with Crippen molar-refractivity contribution >= 4 is 26.8 Å². The van der Waals surface area contributed by atoms with Crippen LogP contribution in [0.3, 0.4) is 0 Å². The van der Waals surface area contributed by atoms with Gasteiger partial charge < -0.3 is 5.11 Å². The number of aromatic amines is 1. The molecule has 2 aromatic rings. The van der Waals surface area contributed by atoms with Gasteiger partial charge in [0, 0.05) is 22.4 Å². The fraction of sp³-hybridized carbons (Fsp3) is 0.364. The van der Waals surface area contributed by atoms with E-state index in [0.717, 1.165) is 27.5 Å². The molecular formula is C11H13BrN2O. The molecule has 0 aliphatic rings. The molecule has 0 aliphatic carbocycles. The fourth-order valence-corrected chi connectivity index (χ4v) is 2.07. The molecule has 0 fully saturated rings. The Balaban J connectivity index is 2.47. The summed E-state index contributed by atoms with van der Waals surface area (Å²) in [4.78, 5) is 0. The molecule has 15 heavy (non-hydrogen) atoms. The molecule has 0 bridgehead atoms. The number of benzene rings is 1. The number of fused-ring (bicyclic) bond motifs is 1. The zero-order valence-electron chi connectivity index (χ0n) is 8.50. The molecule has 2 N–H and O–H groups in total. The molecule has 3 nitrogen and oxygen atoms in total. The molecule has 1 unspecified atom stereocenters. The van der Waals surface area contributed by atoms with Gasteiger partial charge in [-0.1, -0.05) is 22.9 Å². The van der Waals surface area contributed by atoms with Gasteiger partial charge in [-0.3, -0.25) is 5.10 Å². The Morgan fingerprint density at radius 3 is 3.07 bits per heavy atom. The third-order valence-electron chi connectivity index (χ3n) is 2.58. The number of nitrogens with zero attached hydrogens (tertiary/aromatic N) is 1. The monoisotopic (exact) mass is 268 g/mol. The van der Waals surface area contributed by atoms with E-state index in [2.05, 4.69) is 39.1 Å². The number of aromatic nitrogens is 2. The lowest BCUT2D eigenvalue weighted by Gasteiger charge is -2.06. The zero-order chi connectivity index (χ0) is 10.8. The molecule has 0 amide bonds. The first kappa shape index (κ1) is 10.6. The van der Waals surface area contributed by atoms with E-state index in [1.54, 1.807) is 0 Å². The molecule has 1 heterocycles. The molecule has 0 aliphatic heterocycles. The summed E-state index contributed by atoms with van der Waals surface area (Å²) in [6.45, 7) is 2.27. The Morgan fingerprint density at radius 2 is 2.33 bits per heavy atom. The van der Waals surface area contributed by atoms with Crippen LogP contribution in [0.2, 0.25) is 0 Å². The lowest BCUT2D eigenvalue weighted by Crippen LogP contribution is -1.97. The molecule has 0 spiro atoms. The van der Waals surface area contributed by atoms with Crippen LogP contribution in [0.4, 0.5) is 0 Å². The lowest BCUT2D eigenvalue weighted by atomic mass is 10.0. The minimum atomic E-state index is 0.198. The predicted octanol–water partition coefficient (Wildman–Crippen LogP) is 2.81. The van der Waals surface area contributed by atoms with Crippen LogP contribution in [-0.4, -0.2) is 21.9 Å². The van der Waals surface area contributed by atoms with Crippen molar-refractivity contribution in [3.63, 3.8) is 0 Å². The first-order valence-corrected chi connectivity index (χ1v) is 5.76. The number of rotatable bonds is 3. The number of nitrogens with one attached hydrogen (secondary N) is 1. The summed E-state index contributed by atoms with van der Waals surface area (Å²) in [5.41, 5.74) is 2.07. The van der Waals surface area contributed by atoms with Crippen molar-refractivity contribution in [2.24, 2.45) is 0 Å². The van der Waals surface area contributed by atoms with Gasteiger partial charge in [0.25, 0.3) is 0 Å². The Kier molecular flexibility index (Phi) is 3.07. The maximum absolute atomic E-state index is 8.91. The van der Waals surface area contributed by atoms with Gasteiger partial charge in [0.2, 0.25) is 0 Å². The number of hydrogen-bond donors (Lipinski definition) is 2. The van der Waals surface area contributed by atoms with E-state index < -0.39 is 0 Å². The van der Waals surface area contributed by atoms with Crippen LogP contribution in [0.15, 0.2) is 22.7 Å². The molecule has 80 valence electrons. The Labute approximate surface area is 96.6 Å². The van der Waals surface area contributed by atoms with Gasteiger partial charge in [0.1, 0.15) is 0 Å². The standard InChI is InChI=1S/C11H13BrN2O/c1-7(4-5-15)11-9-6-8(12)2-3-10(9)13-14-11/h2-3,6-7,15H,4-5H2,1H3,(H,13,14). The molecule has 0 saturated carbocycles. The van der Waals surface area contributed by atoms with E-state index in [1.165, 1.54) is 0 Å². The molecule has 0 radical (unpaired) electrons. The van der Waals surface area contributed by atoms with Gasteiger partial charge in [-0.05, 0) is 24.6 Å². The second-order valence-corrected chi connectivity index (χ2v) is 4.63. The third kappa shape index (κ3) is 2.06. The van der Waals surface area contributed by atoms with Gasteiger partial charge >= 0.3 is 0 Å². The second-order valence-electron chi connectivity index (χ2n) is 3.71. The topological polar surface area (TPSA) is 48.9 Å². The minimum absolute atomic E-state index is 0.198. The normalized spacial score (nSPS) is 13.3. The number of halogens is 1. The molecule has 1 aromatic heterocycles. The van der Waals surface area contributed by atoms with E-state index in [-0.39, 0.29) is 12.5 Å². The van der Waals surface area contributed by atoms with Crippen LogP contribution in [0.25, 0.3) is 10.9 Å². The smallest absolute Gasteiger partial charge is 0.0730 e. The van der Waals surface area contributed by atoms with Gasteiger partial charge in [0.05, 0.1) is 11.2 Å². The Bertz CT molecular complexity index is 467. The van der Waals surface area contributed by atoms with E-state index >= 15 is 0 Å². The summed E-state index contributed by atoms with van der Waals surface area (Å²) in [5, 5.41) is 17.3. The average Bonchev–Trinajstić information content (AvgIpc) is 2.60. The highest BCUT2D eigenvalue weighted by atomic mass is 79.9. The number of hydrogen-bond acceptors (Lipinski definition) is 2. The first-order valence-electron chi connectivity index (χ1n) is 4.96. The number of aliphatic hydroxyl groups excluding tert-OH is 1. The van der Waals surface area contributed by atoms with Crippen LogP contribution in [0.1, 0.15) is 25.0 Å². The Hall–Kier alpha value is -0.870. The van der Waals surface area contributed by atoms with Crippen LogP contribution in [-0.2, 0) is 0 Å². The summed E-state index contributed by atoms with van der Waals surface area (Å²) in [5.74, 6) is 0.276.